The van der Waals surface area contributed by atoms with E-state index in [1.807, 2.05) is 0 Å². The van der Waals surface area contributed by atoms with Crippen LogP contribution in [-0.2, 0) is 0 Å². The van der Waals surface area contributed by atoms with E-state index in [-0.39, 0.29) is 5.88 Å². The van der Waals surface area contributed by atoms with Crippen LogP contribution in [0, 0.1) is 0 Å². The van der Waals surface area contributed by atoms with Gasteiger partial charge in [0.05, 0.1) is 31.0 Å². The number of benzene rings is 1. The molecule has 2 N–H and O–H groups in total. The third-order valence-electron chi connectivity index (χ3n) is 2.36. The number of anilines is 1. The van der Waals surface area contributed by atoms with Gasteiger partial charge in [-0.25, -0.2) is 0 Å². The van der Waals surface area contributed by atoms with Crippen LogP contribution in [0.3, 0.4) is 0 Å². The van der Waals surface area contributed by atoms with Gasteiger partial charge in [0.15, 0.2) is 11.5 Å². The molecule has 0 aliphatic rings. The molecule has 6 heteroatoms. The van der Waals surface area contributed by atoms with Crippen molar-refractivity contribution >= 4 is 17.5 Å². The van der Waals surface area contributed by atoms with Gasteiger partial charge in [-0.15, -0.1) is 0 Å². The molecule has 0 aliphatic heterocycles. The molecule has 0 unspecified atom stereocenters. The van der Waals surface area contributed by atoms with Gasteiger partial charge in [-0.3, -0.25) is 0 Å². The second kappa shape index (κ2) is 4.55. The molecule has 1 aromatic carbocycles. The van der Waals surface area contributed by atoms with E-state index in [2.05, 4.69) is 5.16 Å². The molecule has 17 heavy (non-hydrogen) atoms. The van der Waals surface area contributed by atoms with E-state index in [1.165, 1.54) is 6.20 Å². The van der Waals surface area contributed by atoms with E-state index < -0.39 is 0 Å². The molecule has 5 nitrogen and oxygen atoms in total. The molecule has 0 radical (unpaired) electrons. The highest BCUT2D eigenvalue weighted by molar-refractivity contribution is 6.33. The Morgan fingerprint density at radius 2 is 1.82 bits per heavy atom. The Balaban J connectivity index is 2.59. The molecular weight excluding hydrogens is 244 g/mol. The van der Waals surface area contributed by atoms with Crippen molar-refractivity contribution in [1.29, 1.82) is 0 Å². The summed E-state index contributed by atoms with van der Waals surface area (Å²) in [4.78, 5) is 0. The van der Waals surface area contributed by atoms with Crippen LogP contribution in [-0.4, -0.2) is 19.4 Å². The van der Waals surface area contributed by atoms with Gasteiger partial charge < -0.3 is 19.7 Å². The number of hydrogen-bond donors (Lipinski definition) is 1. The Hall–Kier alpha value is -1.88. The molecular formula is C11H11ClN2O3. The molecule has 0 fully saturated rings. The molecule has 0 aliphatic carbocycles. The Morgan fingerprint density at radius 1 is 1.18 bits per heavy atom. The molecule has 0 bridgehead atoms. The Morgan fingerprint density at radius 3 is 2.35 bits per heavy atom. The summed E-state index contributed by atoms with van der Waals surface area (Å²) in [5.41, 5.74) is 6.95. The van der Waals surface area contributed by atoms with Crippen LogP contribution in [0.2, 0.25) is 5.02 Å². The van der Waals surface area contributed by atoms with Crippen LogP contribution >= 0.6 is 11.6 Å². The number of ether oxygens (including phenoxy) is 2. The van der Waals surface area contributed by atoms with Crippen LogP contribution < -0.4 is 15.2 Å². The number of nitrogens with two attached hydrogens (primary N) is 1. The summed E-state index contributed by atoms with van der Waals surface area (Å²) in [6, 6.07) is 3.38. The molecule has 2 rings (SSSR count). The Kier molecular flexibility index (Phi) is 3.10. The fourth-order valence-electron chi connectivity index (χ4n) is 1.51. The highest BCUT2D eigenvalue weighted by Crippen LogP contribution is 2.39. The number of nitrogen functional groups attached to an aromatic ring is 1. The van der Waals surface area contributed by atoms with Crippen LogP contribution in [0.5, 0.6) is 11.5 Å². The largest absolute Gasteiger partial charge is 0.493 e. The zero-order chi connectivity index (χ0) is 12.4. The normalized spacial score (nSPS) is 10.3. The fraction of sp³-hybridized carbons (Fsp3) is 0.182. The summed E-state index contributed by atoms with van der Waals surface area (Å²) in [5.74, 6) is 1.32. The summed E-state index contributed by atoms with van der Waals surface area (Å²) < 4.78 is 15.1. The van der Waals surface area contributed by atoms with Gasteiger partial charge in [-0.05, 0) is 6.07 Å². The molecule has 90 valence electrons. The lowest BCUT2D eigenvalue weighted by Gasteiger charge is -2.10. The first-order valence-electron chi connectivity index (χ1n) is 4.79. The van der Waals surface area contributed by atoms with Crippen molar-refractivity contribution < 1.29 is 14.0 Å². The smallest absolute Gasteiger partial charge is 0.230 e. The Bertz CT molecular complexity index is 540. The van der Waals surface area contributed by atoms with Crippen LogP contribution in [0.1, 0.15) is 0 Å². The number of rotatable bonds is 3. The number of hydrogen-bond acceptors (Lipinski definition) is 5. The second-order valence-electron chi connectivity index (χ2n) is 3.29. The molecule has 1 aromatic heterocycles. The van der Waals surface area contributed by atoms with E-state index in [4.69, 9.17) is 31.3 Å². The number of halogens is 1. The van der Waals surface area contributed by atoms with E-state index in [0.29, 0.717) is 27.6 Å². The average molecular weight is 255 g/mol. The van der Waals surface area contributed by atoms with Gasteiger partial charge in [-0.2, -0.15) is 0 Å². The highest BCUT2D eigenvalue weighted by atomic mass is 35.5. The minimum absolute atomic E-state index is 0.208. The minimum atomic E-state index is 0.208. The fourth-order valence-corrected chi connectivity index (χ4v) is 1.77. The highest BCUT2D eigenvalue weighted by Gasteiger charge is 2.15. The standard InChI is InChI=1S/C11H11ClN2O3/c1-15-9-3-6(7-5-14-17-11(7)13)8(12)4-10(9)16-2/h3-5H,13H2,1-2H3. The first-order chi connectivity index (χ1) is 8.17. The summed E-state index contributed by atoms with van der Waals surface area (Å²) in [6.45, 7) is 0. The number of methoxy groups -OCH3 is 2. The quantitative estimate of drug-likeness (QED) is 0.912. The van der Waals surface area contributed by atoms with Crippen molar-refractivity contribution in [3.8, 4) is 22.6 Å². The zero-order valence-electron chi connectivity index (χ0n) is 9.36. The predicted octanol–water partition coefficient (Wildman–Crippen LogP) is 2.59. The average Bonchev–Trinajstić information content (AvgIpc) is 2.75. The summed E-state index contributed by atoms with van der Waals surface area (Å²) in [7, 11) is 3.09. The zero-order valence-corrected chi connectivity index (χ0v) is 10.1. The van der Waals surface area contributed by atoms with Crippen molar-refractivity contribution in [3.05, 3.63) is 23.4 Å². The maximum Gasteiger partial charge on any atom is 0.230 e. The molecule has 0 spiro atoms. The van der Waals surface area contributed by atoms with Gasteiger partial charge in [0.1, 0.15) is 0 Å². The van der Waals surface area contributed by atoms with Crippen molar-refractivity contribution in [1.82, 2.24) is 5.16 Å². The summed E-state index contributed by atoms with van der Waals surface area (Å²) in [5, 5.41) is 4.09. The lowest BCUT2D eigenvalue weighted by molar-refractivity contribution is 0.355. The van der Waals surface area contributed by atoms with Crippen LogP contribution in [0.15, 0.2) is 22.9 Å². The Labute approximate surface area is 103 Å². The van der Waals surface area contributed by atoms with Gasteiger partial charge in [-0.1, -0.05) is 16.8 Å². The number of aromatic nitrogens is 1. The van der Waals surface area contributed by atoms with Crippen molar-refractivity contribution in [2.75, 3.05) is 20.0 Å². The molecule has 0 amide bonds. The van der Waals surface area contributed by atoms with Gasteiger partial charge >= 0.3 is 0 Å². The molecule has 0 saturated carbocycles. The van der Waals surface area contributed by atoms with Crippen molar-refractivity contribution in [3.63, 3.8) is 0 Å². The predicted molar refractivity (Wildman–Crippen MR) is 64.5 cm³/mol. The SMILES string of the molecule is COc1cc(Cl)c(-c2cnoc2N)cc1OC. The molecule has 0 saturated heterocycles. The van der Waals surface area contributed by atoms with E-state index in [0.717, 1.165) is 0 Å². The van der Waals surface area contributed by atoms with E-state index in [9.17, 15) is 0 Å². The van der Waals surface area contributed by atoms with Gasteiger partial charge in [0, 0.05) is 11.6 Å². The van der Waals surface area contributed by atoms with Crippen molar-refractivity contribution in [2.24, 2.45) is 0 Å². The topological polar surface area (TPSA) is 70.5 Å². The molecule has 0 atom stereocenters. The van der Waals surface area contributed by atoms with E-state index >= 15 is 0 Å². The first kappa shape index (κ1) is 11.6. The molecule has 1 heterocycles. The summed E-state index contributed by atoms with van der Waals surface area (Å²) >= 11 is 6.14. The van der Waals surface area contributed by atoms with Crippen molar-refractivity contribution in [2.45, 2.75) is 0 Å². The number of nitrogens with zero attached hydrogens (tertiary/aromatic N) is 1. The third-order valence-corrected chi connectivity index (χ3v) is 2.67. The summed E-state index contributed by atoms with van der Waals surface area (Å²) in [6.07, 6.45) is 1.50. The minimum Gasteiger partial charge on any atom is -0.493 e. The maximum atomic E-state index is 6.14. The first-order valence-corrected chi connectivity index (χ1v) is 5.17. The monoisotopic (exact) mass is 254 g/mol. The van der Waals surface area contributed by atoms with Gasteiger partial charge in [0.2, 0.25) is 5.88 Å². The third kappa shape index (κ3) is 2.01. The van der Waals surface area contributed by atoms with E-state index in [1.54, 1.807) is 26.4 Å². The maximum absolute atomic E-state index is 6.14. The lowest BCUT2D eigenvalue weighted by Crippen LogP contribution is -1.92. The van der Waals surface area contributed by atoms with Crippen LogP contribution in [0.25, 0.3) is 11.1 Å². The lowest BCUT2D eigenvalue weighted by atomic mass is 10.1. The second-order valence-corrected chi connectivity index (χ2v) is 3.70. The van der Waals surface area contributed by atoms with Crippen LogP contribution in [0.4, 0.5) is 5.88 Å². The molecule has 2 aromatic rings. The van der Waals surface area contributed by atoms with Gasteiger partial charge in [0.25, 0.3) is 0 Å².